The Hall–Kier alpha value is -4.71. The van der Waals surface area contributed by atoms with Crippen molar-refractivity contribution in [2.45, 2.75) is 25.9 Å². The van der Waals surface area contributed by atoms with E-state index < -0.39 is 17.6 Å². The lowest BCUT2D eigenvalue weighted by Gasteiger charge is -2.27. The highest BCUT2D eigenvalue weighted by molar-refractivity contribution is 5.83. The Morgan fingerprint density at radius 2 is 1.81 bits per heavy atom. The van der Waals surface area contributed by atoms with E-state index in [1.54, 1.807) is 41.4 Å². The van der Waals surface area contributed by atoms with Crippen LogP contribution < -0.4 is 15.6 Å². The quantitative estimate of drug-likeness (QED) is 0.113. The highest BCUT2D eigenvalue weighted by Gasteiger charge is 2.31. The van der Waals surface area contributed by atoms with Crippen LogP contribution in [-0.2, 0) is 10.9 Å². The Morgan fingerprint density at radius 1 is 1.02 bits per heavy atom. The fourth-order valence-corrected chi connectivity index (χ4v) is 4.70. The third-order valence-electron chi connectivity index (χ3n) is 6.83. The van der Waals surface area contributed by atoms with E-state index >= 15 is 0 Å². The van der Waals surface area contributed by atoms with Crippen molar-refractivity contribution in [1.29, 1.82) is 0 Å². The Bertz CT molecular complexity index is 1620. The number of nitrogens with zero attached hydrogens (tertiary/aromatic N) is 4. The third-order valence-corrected chi connectivity index (χ3v) is 6.83. The second kappa shape index (κ2) is 12.7. The SMILES string of the molecule is CC(C)c1cc(/C=N/Nc2ncc(F)c(N3CCOCC3)n2)ccc1Nc1cc(-c2cccc(O)c2)cc(C(F)(F)F)c1. The number of phenolic OH excluding ortho intramolecular Hbond substituents is 1. The summed E-state index contributed by atoms with van der Waals surface area (Å²) in [7, 11) is 0. The third kappa shape index (κ3) is 7.39. The zero-order valence-electron chi connectivity index (χ0n) is 23.5. The van der Waals surface area contributed by atoms with Gasteiger partial charge in [0.25, 0.3) is 0 Å². The van der Waals surface area contributed by atoms with E-state index in [4.69, 9.17) is 4.74 Å². The number of morpholine rings is 1. The van der Waals surface area contributed by atoms with Gasteiger partial charge in [0.05, 0.1) is 31.2 Å². The molecule has 0 saturated carbocycles. The maximum absolute atomic E-state index is 14.3. The second-order valence-electron chi connectivity index (χ2n) is 10.3. The molecule has 3 aromatic carbocycles. The van der Waals surface area contributed by atoms with E-state index in [9.17, 15) is 22.7 Å². The molecule has 2 heterocycles. The van der Waals surface area contributed by atoms with Crippen molar-refractivity contribution < 1.29 is 27.4 Å². The lowest BCUT2D eigenvalue weighted by molar-refractivity contribution is -0.137. The van der Waals surface area contributed by atoms with Crippen LogP contribution in [0.25, 0.3) is 11.1 Å². The van der Waals surface area contributed by atoms with Crippen LogP contribution in [0, 0.1) is 5.82 Å². The Labute approximate surface area is 246 Å². The van der Waals surface area contributed by atoms with Gasteiger partial charge in [-0.05, 0) is 70.6 Å². The van der Waals surface area contributed by atoms with Crippen LogP contribution in [0.4, 0.5) is 40.7 Å². The number of halogens is 4. The Kier molecular flexibility index (Phi) is 8.76. The number of hydrazone groups is 1. The summed E-state index contributed by atoms with van der Waals surface area (Å²) in [5.41, 5.74) is 5.16. The molecule has 8 nitrogen and oxygen atoms in total. The molecule has 0 atom stereocenters. The number of hydrogen-bond donors (Lipinski definition) is 3. The van der Waals surface area contributed by atoms with Crippen molar-refractivity contribution in [2.75, 3.05) is 41.9 Å². The molecule has 0 unspecified atom stereocenters. The van der Waals surface area contributed by atoms with Gasteiger partial charge in [0.2, 0.25) is 5.95 Å². The lowest BCUT2D eigenvalue weighted by Crippen LogP contribution is -2.37. The fourth-order valence-electron chi connectivity index (χ4n) is 4.70. The van der Waals surface area contributed by atoms with Crippen LogP contribution in [0.15, 0.2) is 72.0 Å². The van der Waals surface area contributed by atoms with Gasteiger partial charge in [0, 0.05) is 24.5 Å². The molecule has 3 N–H and O–H groups in total. The molecule has 0 spiro atoms. The molecule has 43 heavy (non-hydrogen) atoms. The summed E-state index contributed by atoms with van der Waals surface area (Å²) in [6.45, 7) is 5.96. The molecule has 0 radical (unpaired) electrons. The minimum atomic E-state index is -4.56. The lowest BCUT2D eigenvalue weighted by atomic mass is 9.97. The molecule has 1 fully saturated rings. The molecular formula is C31H30F4N6O2. The van der Waals surface area contributed by atoms with Crippen LogP contribution >= 0.6 is 0 Å². The van der Waals surface area contributed by atoms with Crippen LogP contribution in [0.2, 0.25) is 0 Å². The molecule has 1 aromatic heterocycles. The molecule has 0 aliphatic carbocycles. The van der Waals surface area contributed by atoms with Crippen molar-refractivity contribution in [3.63, 3.8) is 0 Å². The smallest absolute Gasteiger partial charge is 0.416 e. The zero-order valence-corrected chi connectivity index (χ0v) is 23.5. The molecular weight excluding hydrogens is 564 g/mol. The molecule has 0 bridgehead atoms. The van der Waals surface area contributed by atoms with Gasteiger partial charge in [-0.15, -0.1) is 0 Å². The van der Waals surface area contributed by atoms with Crippen molar-refractivity contribution in [1.82, 2.24) is 9.97 Å². The first-order valence-electron chi connectivity index (χ1n) is 13.6. The Balaban J connectivity index is 1.37. The van der Waals surface area contributed by atoms with Crippen LogP contribution in [0.5, 0.6) is 5.75 Å². The van der Waals surface area contributed by atoms with Crippen molar-refractivity contribution in [3.8, 4) is 16.9 Å². The maximum atomic E-state index is 14.3. The highest BCUT2D eigenvalue weighted by atomic mass is 19.4. The maximum Gasteiger partial charge on any atom is 0.416 e. The van der Waals surface area contributed by atoms with Crippen molar-refractivity contribution in [2.24, 2.45) is 5.10 Å². The van der Waals surface area contributed by atoms with Gasteiger partial charge in [0.1, 0.15) is 5.75 Å². The number of phenols is 1. The normalized spacial score (nSPS) is 14.0. The van der Waals surface area contributed by atoms with Crippen LogP contribution in [0.3, 0.4) is 0 Å². The summed E-state index contributed by atoms with van der Waals surface area (Å²) < 4.78 is 61.0. The minimum absolute atomic E-state index is 0.0247. The van der Waals surface area contributed by atoms with Gasteiger partial charge >= 0.3 is 6.18 Å². The molecule has 224 valence electrons. The summed E-state index contributed by atoms with van der Waals surface area (Å²) in [5, 5.41) is 17.2. The van der Waals surface area contributed by atoms with Gasteiger partial charge in [-0.25, -0.2) is 14.8 Å². The van der Waals surface area contributed by atoms with Gasteiger partial charge in [0.15, 0.2) is 11.6 Å². The molecule has 1 aliphatic rings. The van der Waals surface area contributed by atoms with Crippen LogP contribution in [0.1, 0.15) is 36.5 Å². The van der Waals surface area contributed by atoms with Gasteiger partial charge < -0.3 is 20.1 Å². The molecule has 1 aliphatic heterocycles. The number of nitrogens with one attached hydrogen (secondary N) is 2. The van der Waals surface area contributed by atoms with E-state index in [2.05, 4.69) is 25.8 Å². The first kappa shape index (κ1) is 29.8. The first-order valence-corrected chi connectivity index (χ1v) is 13.6. The summed E-state index contributed by atoms with van der Waals surface area (Å²) in [6, 6.07) is 15.3. The van der Waals surface area contributed by atoms with E-state index in [0.717, 1.165) is 29.5 Å². The molecule has 12 heteroatoms. The number of benzene rings is 3. The number of hydrogen-bond acceptors (Lipinski definition) is 8. The molecule has 4 aromatic rings. The van der Waals surface area contributed by atoms with Crippen molar-refractivity contribution in [3.05, 3.63) is 89.4 Å². The fraction of sp³-hybridized carbons (Fsp3) is 0.258. The van der Waals surface area contributed by atoms with E-state index in [1.165, 1.54) is 12.1 Å². The van der Waals surface area contributed by atoms with E-state index in [0.29, 0.717) is 43.1 Å². The van der Waals surface area contributed by atoms with Crippen molar-refractivity contribution >= 4 is 29.4 Å². The van der Waals surface area contributed by atoms with Gasteiger partial charge in [-0.2, -0.15) is 23.3 Å². The summed E-state index contributed by atoms with van der Waals surface area (Å²) in [5.74, 6) is -0.238. The summed E-state index contributed by atoms with van der Waals surface area (Å²) in [6.07, 6.45) is -1.91. The van der Waals surface area contributed by atoms with Gasteiger partial charge in [-0.1, -0.05) is 32.0 Å². The number of aromatic nitrogens is 2. The standard InChI is InChI=1S/C31H30F4N6O2/c1-19(2)26-12-20(17-37-40-30-36-18-27(32)29(39-30)41-8-10-43-11-9-41)6-7-28(26)38-24-14-22(13-23(16-24)31(33,34)35)21-4-3-5-25(42)15-21/h3-7,12-19,38,42H,8-11H2,1-2H3,(H,36,39,40)/b37-17+. The largest absolute Gasteiger partial charge is 0.508 e. The monoisotopic (exact) mass is 594 g/mol. The number of anilines is 4. The predicted octanol–water partition coefficient (Wildman–Crippen LogP) is 7.16. The summed E-state index contributed by atoms with van der Waals surface area (Å²) in [4.78, 5) is 9.99. The number of alkyl halides is 3. The van der Waals surface area contributed by atoms with E-state index in [-0.39, 0.29) is 29.1 Å². The number of rotatable bonds is 8. The average molecular weight is 595 g/mol. The predicted molar refractivity (Wildman–Crippen MR) is 159 cm³/mol. The van der Waals surface area contributed by atoms with Crippen LogP contribution in [-0.4, -0.2) is 47.6 Å². The molecule has 1 saturated heterocycles. The highest BCUT2D eigenvalue weighted by Crippen LogP contribution is 2.37. The average Bonchev–Trinajstić information content (AvgIpc) is 2.98. The number of ether oxygens (including phenoxy) is 1. The molecule has 0 amide bonds. The minimum Gasteiger partial charge on any atom is -0.508 e. The first-order chi connectivity index (χ1) is 20.6. The van der Waals surface area contributed by atoms with E-state index in [1.807, 2.05) is 19.9 Å². The zero-order chi connectivity index (χ0) is 30.6. The summed E-state index contributed by atoms with van der Waals surface area (Å²) >= 11 is 0. The second-order valence-corrected chi connectivity index (χ2v) is 10.3. The molecule has 5 rings (SSSR count). The topological polar surface area (TPSA) is 94.9 Å². The van der Waals surface area contributed by atoms with Gasteiger partial charge in [-0.3, -0.25) is 0 Å². The Morgan fingerprint density at radius 3 is 2.53 bits per heavy atom. The number of aromatic hydroxyl groups is 1.